The first-order valence-electron chi connectivity index (χ1n) is 22.1. The molecule has 56 heavy (non-hydrogen) atoms. The van der Waals surface area contributed by atoms with E-state index in [1.165, 1.54) is 51.4 Å². The Morgan fingerprint density at radius 3 is 1.41 bits per heavy atom. The number of unbranched alkanes of at least 4 members (excludes halogenated alkanes) is 14. The van der Waals surface area contributed by atoms with Crippen molar-refractivity contribution in [3.05, 3.63) is 85.1 Å². The summed E-state index contributed by atoms with van der Waals surface area (Å²) >= 11 is 0. The van der Waals surface area contributed by atoms with Gasteiger partial charge in [0.15, 0.2) is 0 Å². The maximum Gasteiger partial charge on any atom is 0.472 e. The molecule has 0 aromatic carbocycles. The van der Waals surface area contributed by atoms with Crippen molar-refractivity contribution < 1.29 is 32.8 Å². The van der Waals surface area contributed by atoms with E-state index in [-0.39, 0.29) is 32.3 Å². The molecule has 2 atom stereocenters. The summed E-state index contributed by atoms with van der Waals surface area (Å²) in [4.78, 5) is 22.5. The number of carbonyl (C=O) groups excluding carboxylic acids is 1. The third-order valence-electron chi connectivity index (χ3n) is 8.81. The van der Waals surface area contributed by atoms with E-state index < -0.39 is 13.9 Å². The highest BCUT2D eigenvalue weighted by molar-refractivity contribution is 7.47. The maximum atomic E-state index is 12.6. The van der Waals surface area contributed by atoms with Crippen molar-refractivity contribution in [1.29, 1.82) is 0 Å². The van der Waals surface area contributed by atoms with Crippen molar-refractivity contribution in [3.63, 3.8) is 0 Å². The number of hydrogen-bond donors (Lipinski definition) is 2. The smallest absolute Gasteiger partial charge is 0.457 e. The van der Waals surface area contributed by atoms with Gasteiger partial charge < -0.3 is 20.1 Å². The number of nitrogens with two attached hydrogens (primary N) is 1. The van der Waals surface area contributed by atoms with Crippen LogP contribution in [0.5, 0.6) is 0 Å². The number of carbonyl (C=O) groups is 1. The molecule has 0 rings (SSSR count). The highest BCUT2D eigenvalue weighted by atomic mass is 31.2. The topological polar surface area (TPSA) is 117 Å². The molecule has 3 N–H and O–H groups in total. The Morgan fingerprint density at radius 1 is 0.536 bits per heavy atom. The van der Waals surface area contributed by atoms with E-state index in [9.17, 15) is 14.3 Å². The van der Waals surface area contributed by atoms with Gasteiger partial charge in [0.1, 0.15) is 6.10 Å². The monoisotopic (exact) mass is 804 g/mol. The zero-order chi connectivity index (χ0) is 40.9. The average Bonchev–Trinajstić information content (AvgIpc) is 3.19. The summed E-state index contributed by atoms with van der Waals surface area (Å²) < 4.78 is 33.4. The van der Waals surface area contributed by atoms with E-state index in [2.05, 4.69) is 98.9 Å². The first kappa shape index (κ1) is 53.7. The van der Waals surface area contributed by atoms with Crippen LogP contribution in [0.2, 0.25) is 0 Å². The zero-order valence-electron chi connectivity index (χ0n) is 35.6. The minimum absolute atomic E-state index is 0.0919. The Bertz CT molecular complexity index is 1130. The summed E-state index contributed by atoms with van der Waals surface area (Å²) in [7, 11) is -4.29. The van der Waals surface area contributed by atoms with E-state index in [4.69, 9.17) is 24.3 Å². The standard InChI is InChI=1S/C47H82NO7P/c1-3-5-7-9-11-13-15-17-19-21-22-23-24-25-26-28-30-32-34-36-38-40-47(49)55-46(45-54-56(50,51)53-43-41-48)44-52-42-39-37-35-33-31-29-27-20-18-16-14-12-10-8-6-4-2/h5-8,11-14,17-20,22-23,46H,3-4,9-10,15-16,21,24-45,48H2,1-2H3,(H,50,51)/b7-5-,8-6-,13-11-,14-12-,19-17-,20-18-,23-22-. The van der Waals surface area contributed by atoms with Gasteiger partial charge in [-0.05, 0) is 83.5 Å². The molecular weight excluding hydrogens is 721 g/mol. The zero-order valence-corrected chi connectivity index (χ0v) is 36.5. The summed E-state index contributed by atoms with van der Waals surface area (Å²) in [5.74, 6) is -0.347. The fourth-order valence-electron chi connectivity index (χ4n) is 5.65. The van der Waals surface area contributed by atoms with Gasteiger partial charge in [0, 0.05) is 19.6 Å². The summed E-state index contributed by atoms with van der Waals surface area (Å²) in [5, 5.41) is 0. The predicted octanol–water partition coefficient (Wildman–Crippen LogP) is 13.3. The van der Waals surface area contributed by atoms with Crippen LogP contribution in [0, 0.1) is 0 Å². The molecule has 0 aliphatic rings. The second-order valence-electron chi connectivity index (χ2n) is 14.1. The molecule has 0 heterocycles. The van der Waals surface area contributed by atoms with Crippen LogP contribution >= 0.6 is 7.82 Å². The number of hydrogen-bond acceptors (Lipinski definition) is 7. The molecular formula is C47H82NO7P. The second kappa shape index (κ2) is 43.8. The first-order valence-corrected chi connectivity index (χ1v) is 23.6. The SMILES string of the molecule is CC/C=C\C/C=C\C/C=C\C/C=C\CCCCCCCCCCC(=O)OC(COCCCCCCCC/C=C\C/C=C\C/C=C\CC)COP(=O)(O)OCCN. The average molecular weight is 804 g/mol. The quantitative estimate of drug-likeness (QED) is 0.0272. The van der Waals surface area contributed by atoms with Crippen molar-refractivity contribution in [2.24, 2.45) is 5.73 Å². The van der Waals surface area contributed by atoms with Crippen LogP contribution in [0.25, 0.3) is 0 Å². The lowest BCUT2D eigenvalue weighted by Crippen LogP contribution is -2.28. The number of esters is 1. The second-order valence-corrected chi connectivity index (χ2v) is 15.6. The van der Waals surface area contributed by atoms with Crippen molar-refractivity contribution in [1.82, 2.24) is 0 Å². The summed E-state index contributed by atoms with van der Waals surface area (Å²) in [6.07, 6.45) is 56.0. The third-order valence-corrected chi connectivity index (χ3v) is 9.79. The lowest BCUT2D eigenvalue weighted by atomic mass is 10.1. The Hall–Kier alpha value is -2.32. The van der Waals surface area contributed by atoms with Gasteiger partial charge in [-0.25, -0.2) is 4.57 Å². The molecule has 0 aliphatic heterocycles. The van der Waals surface area contributed by atoms with Gasteiger partial charge in [0.25, 0.3) is 0 Å². The molecule has 0 saturated carbocycles. The number of phosphoric ester groups is 1. The maximum absolute atomic E-state index is 12.6. The summed E-state index contributed by atoms with van der Waals surface area (Å²) in [6.45, 7) is 4.64. The van der Waals surface area contributed by atoms with Crippen molar-refractivity contribution >= 4 is 13.8 Å². The van der Waals surface area contributed by atoms with E-state index in [0.717, 1.165) is 96.3 Å². The van der Waals surface area contributed by atoms with Crippen LogP contribution in [0.4, 0.5) is 0 Å². The molecule has 0 aromatic heterocycles. The fourth-order valence-corrected chi connectivity index (χ4v) is 6.41. The van der Waals surface area contributed by atoms with E-state index >= 15 is 0 Å². The van der Waals surface area contributed by atoms with Crippen LogP contribution in [0.1, 0.15) is 168 Å². The number of rotatable bonds is 41. The van der Waals surface area contributed by atoms with Crippen molar-refractivity contribution in [2.45, 2.75) is 174 Å². The molecule has 0 fully saturated rings. The van der Waals surface area contributed by atoms with Crippen LogP contribution in [0.15, 0.2) is 85.1 Å². The number of allylic oxidation sites excluding steroid dienone is 14. The molecule has 8 nitrogen and oxygen atoms in total. The van der Waals surface area contributed by atoms with Gasteiger partial charge in [-0.1, -0.05) is 163 Å². The molecule has 2 unspecified atom stereocenters. The Morgan fingerprint density at radius 2 is 0.946 bits per heavy atom. The molecule has 9 heteroatoms. The lowest BCUT2D eigenvalue weighted by Gasteiger charge is -2.20. The molecule has 322 valence electrons. The van der Waals surface area contributed by atoms with Crippen LogP contribution in [-0.4, -0.2) is 49.9 Å². The number of ether oxygens (including phenoxy) is 2. The van der Waals surface area contributed by atoms with Crippen molar-refractivity contribution in [3.8, 4) is 0 Å². The van der Waals surface area contributed by atoms with Gasteiger partial charge in [0.2, 0.25) is 0 Å². The van der Waals surface area contributed by atoms with Gasteiger partial charge in [-0.3, -0.25) is 13.8 Å². The minimum atomic E-state index is -4.29. The molecule has 0 amide bonds. The molecule has 0 saturated heterocycles. The van der Waals surface area contributed by atoms with Gasteiger partial charge in [-0.15, -0.1) is 0 Å². The van der Waals surface area contributed by atoms with Crippen LogP contribution < -0.4 is 5.73 Å². The number of phosphoric acid groups is 1. The van der Waals surface area contributed by atoms with Gasteiger partial charge in [0.05, 0.1) is 19.8 Å². The molecule has 0 radical (unpaired) electrons. The van der Waals surface area contributed by atoms with Gasteiger partial charge in [-0.2, -0.15) is 0 Å². The lowest BCUT2D eigenvalue weighted by molar-refractivity contribution is -0.154. The predicted molar refractivity (Wildman–Crippen MR) is 238 cm³/mol. The summed E-state index contributed by atoms with van der Waals surface area (Å²) in [6, 6.07) is 0. The van der Waals surface area contributed by atoms with Crippen molar-refractivity contribution in [2.75, 3.05) is 33.0 Å². The third kappa shape index (κ3) is 42.8. The summed E-state index contributed by atoms with van der Waals surface area (Å²) in [5.41, 5.74) is 5.37. The Kier molecular flexibility index (Phi) is 42.0. The molecule has 0 spiro atoms. The molecule has 0 aromatic rings. The van der Waals surface area contributed by atoms with Crippen LogP contribution in [0.3, 0.4) is 0 Å². The van der Waals surface area contributed by atoms with E-state index in [1.54, 1.807) is 0 Å². The minimum Gasteiger partial charge on any atom is -0.457 e. The largest absolute Gasteiger partial charge is 0.472 e. The Balaban J connectivity index is 4.07. The molecule has 0 aliphatic carbocycles. The first-order chi connectivity index (χ1) is 27.4. The fraction of sp³-hybridized carbons (Fsp3) is 0.681. The van der Waals surface area contributed by atoms with Crippen LogP contribution in [-0.2, 0) is 27.9 Å². The van der Waals surface area contributed by atoms with E-state index in [1.807, 2.05) is 0 Å². The normalized spacial score (nSPS) is 14.3. The highest BCUT2D eigenvalue weighted by Gasteiger charge is 2.25. The Labute approximate surface area is 343 Å². The van der Waals surface area contributed by atoms with E-state index in [0.29, 0.717) is 13.0 Å². The highest BCUT2D eigenvalue weighted by Crippen LogP contribution is 2.43. The van der Waals surface area contributed by atoms with Gasteiger partial charge >= 0.3 is 13.8 Å². The molecule has 0 bridgehead atoms.